The van der Waals surface area contributed by atoms with Crippen molar-refractivity contribution in [2.45, 2.75) is 52.7 Å². The lowest BCUT2D eigenvalue weighted by atomic mass is 10.4. The van der Waals surface area contributed by atoms with Crippen LogP contribution in [0.15, 0.2) is 9.59 Å². The molecular formula is C15H23ClN4O5S. The second-order valence-electron chi connectivity index (χ2n) is 5.98. The second-order valence-corrected chi connectivity index (χ2v) is 7.96. The number of nitrogens with zero attached hydrogens (tertiary/aromatic N) is 4. The van der Waals surface area contributed by atoms with Crippen LogP contribution in [0, 0.1) is 0 Å². The summed E-state index contributed by atoms with van der Waals surface area (Å²) in [4.78, 5) is 29.8. The van der Waals surface area contributed by atoms with Gasteiger partial charge in [0.15, 0.2) is 11.2 Å². The Balaban J connectivity index is 2.53. The van der Waals surface area contributed by atoms with Crippen molar-refractivity contribution >= 4 is 32.9 Å². The molecule has 2 rings (SSSR count). The standard InChI is InChI=1S/C15H23ClN4O5S/c1-4-7-18-11-12(17-14(18)16)19(8-5-2)15(22)20(13(11)21)9-6-10-25-26(3,23)24/h4-10H2,1-3H3. The van der Waals surface area contributed by atoms with Gasteiger partial charge in [0.2, 0.25) is 5.28 Å². The molecule has 0 saturated heterocycles. The highest BCUT2D eigenvalue weighted by molar-refractivity contribution is 7.85. The Morgan fingerprint density at radius 1 is 1.04 bits per heavy atom. The lowest BCUT2D eigenvalue weighted by molar-refractivity contribution is 0.304. The maximum atomic E-state index is 12.9. The molecule has 0 aliphatic rings. The third-order valence-corrected chi connectivity index (χ3v) is 4.67. The van der Waals surface area contributed by atoms with Crippen LogP contribution >= 0.6 is 11.6 Å². The van der Waals surface area contributed by atoms with E-state index in [1.54, 1.807) is 4.57 Å². The van der Waals surface area contributed by atoms with E-state index in [1.165, 1.54) is 4.57 Å². The first kappa shape index (κ1) is 20.7. The number of halogens is 1. The Labute approximate surface area is 156 Å². The van der Waals surface area contributed by atoms with Crippen LogP contribution in [-0.2, 0) is 33.9 Å². The Bertz CT molecular complexity index is 1010. The van der Waals surface area contributed by atoms with Crippen molar-refractivity contribution in [1.82, 2.24) is 18.7 Å². The van der Waals surface area contributed by atoms with Gasteiger partial charge in [0.25, 0.3) is 15.7 Å². The molecule has 0 radical (unpaired) electrons. The zero-order valence-corrected chi connectivity index (χ0v) is 16.6. The predicted octanol–water partition coefficient (Wildman–Crippen LogP) is 1.20. The number of aryl methyl sites for hydroxylation is 2. The number of rotatable bonds is 9. The second kappa shape index (κ2) is 8.36. The quantitative estimate of drug-likeness (QED) is 0.352. The van der Waals surface area contributed by atoms with E-state index in [9.17, 15) is 18.0 Å². The maximum Gasteiger partial charge on any atom is 0.332 e. The summed E-state index contributed by atoms with van der Waals surface area (Å²) in [5, 5.41) is 0.168. The highest BCUT2D eigenvalue weighted by Gasteiger charge is 2.20. The normalized spacial score (nSPS) is 12.2. The van der Waals surface area contributed by atoms with Gasteiger partial charge in [0, 0.05) is 19.6 Å². The Hall–Kier alpha value is -1.65. The third kappa shape index (κ3) is 4.36. The number of fused-ring (bicyclic) bond motifs is 1. The first-order valence-electron chi connectivity index (χ1n) is 8.45. The Kier molecular flexibility index (Phi) is 6.64. The molecule has 9 nitrogen and oxygen atoms in total. The van der Waals surface area contributed by atoms with Crippen molar-refractivity contribution in [3.8, 4) is 0 Å². The van der Waals surface area contributed by atoms with Crippen molar-refractivity contribution in [1.29, 1.82) is 0 Å². The summed E-state index contributed by atoms with van der Waals surface area (Å²) in [6, 6.07) is 0. The molecule has 2 aromatic heterocycles. The van der Waals surface area contributed by atoms with Gasteiger partial charge in [0.1, 0.15) is 0 Å². The Morgan fingerprint density at radius 2 is 1.65 bits per heavy atom. The van der Waals surface area contributed by atoms with Crippen LogP contribution in [-0.4, -0.2) is 40.0 Å². The molecular weight excluding hydrogens is 384 g/mol. The fourth-order valence-corrected chi connectivity index (χ4v) is 3.42. The zero-order valence-electron chi connectivity index (χ0n) is 15.1. The largest absolute Gasteiger partial charge is 0.332 e. The van der Waals surface area contributed by atoms with E-state index >= 15 is 0 Å². The van der Waals surface area contributed by atoms with Crippen LogP contribution < -0.4 is 11.2 Å². The van der Waals surface area contributed by atoms with Gasteiger partial charge in [-0.25, -0.2) is 4.79 Å². The fourth-order valence-electron chi connectivity index (χ4n) is 2.75. The van der Waals surface area contributed by atoms with E-state index in [2.05, 4.69) is 9.17 Å². The van der Waals surface area contributed by atoms with Gasteiger partial charge in [-0.05, 0) is 30.9 Å². The highest BCUT2D eigenvalue weighted by atomic mass is 35.5. The maximum absolute atomic E-state index is 12.9. The lowest BCUT2D eigenvalue weighted by Crippen LogP contribution is -2.41. The predicted molar refractivity (Wildman–Crippen MR) is 99.3 cm³/mol. The van der Waals surface area contributed by atoms with Crippen LogP contribution in [0.1, 0.15) is 33.1 Å². The molecule has 0 unspecified atom stereocenters. The van der Waals surface area contributed by atoms with Gasteiger partial charge in [0.05, 0.1) is 12.9 Å². The number of imidazole rings is 1. The highest BCUT2D eigenvalue weighted by Crippen LogP contribution is 2.17. The molecule has 26 heavy (non-hydrogen) atoms. The molecule has 0 fully saturated rings. The molecule has 0 atom stereocenters. The van der Waals surface area contributed by atoms with Crippen molar-refractivity contribution in [2.24, 2.45) is 0 Å². The van der Waals surface area contributed by atoms with E-state index in [-0.39, 0.29) is 36.0 Å². The Morgan fingerprint density at radius 3 is 2.23 bits per heavy atom. The third-order valence-electron chi connectivity index (χ3n) is 3.79. The minimum Gasteiger partial charge on any atom is -0.309 e. The van der Waals surface area contributed by atoms with Crippen LogP contribution in [0.3, 0.4) is 0 Å². The van der Waals surface area contributed by atoms with Crippen LogP contribution in [0.5, 0.6) is 0 Å². The molecule has 0 aromatic carbocycles. The van der Waals surface area contributed by atoms with E-state index in [4.69, 9.17) is 11.6 Å². The molecule has 0 amide bonds. The summed E-state index contributed by atoms with van der Waals surface area (Å²) in [7, 11) is -3.56. The molecule has 0 aliphatic carbocycles. The fraction of sp³-hybridized carbons (Fsp3) is 0.667. The smallest absolute Gasteiger partial charge is 0.309 e. The van der Waals surface area contributed by atoms with Crippen molar-refractivity contribution in [3.63, 3.8) is 0 Å². The van der Waals surface area contributed by atoms with Gasteiger partial charge in [-0.3, -0.25) is 18.1 Å². The van der Waals surface area contributed by atoms with Crippen molar-refractivity contribution < 1.29 is 12.6 Å². The summed E-state index contributed by atoms with van der Waals surface area (Å²) < 4.78 is 30.9. The molecule has 0 N–H and O–H groups in total. The number of aromatic nitrogens is 4. The van der Waals surface area contributed by atoms with Crippen LogP contribution in [0.4, 0.5) is 0 Å². The molecule has 0 saturated carbocycles. The molecule has 2 heterocycles. The van der Waals surface area contributed by atoms with E-state index < -0.39 is 21.4 Å². The van der Waals surface area contributed by atoms with Gasteiger partial charge in [-0.2, -0.15) is 13.4 Å². The van der Waals surface area contributed by atoms with Gasteiger partial charge >= 0.3 is 5.69 Å². The first-order valence-corrected chi connectivity index (χ1v) is 10.6. The SMILES string of the molecule is CCCn1c(Cl)nc2c1c(=O)n(CCCOS(C)(=O)=O)c(=O)n2CCC. The molecule has 146 valence electrons. The van der Waals surface area contributed by atoms with E-state index in [1.807, 2.05) is 13.8 Å². The average Bonchev–Trinajstić information content (AvgIpc) is 2.87. The van der Waals surface area contributed by atoms with Crippen LogP contribution in [0.25, 0.3) is 11.2 Å². The molecule has 11 heteroatoms. The lowest BCUT2D eigenvalue weighted by Gasteiger charge is -2.11. The summed E-state index contributed by atoms with van der Waals surface area (Å²) in [5.41, 5.74) is -0.399. The summed E-state index contributed by atoms with van der Waals surface area (Å²) in [5.74, 6) is 0. The van der Waals surface area contributed by atoms with E-state index in [0.29, 0.717) is 19.5 Å². The molecule has 0 bridgehead atoms. The van der Waals surface area contributed by atoms with Crippen molar-refractivity contribution in [3.05, 3.63) is 26.1 Å². The summed E-state index contributed by atoms with van der Waals surface area (Å²) in [6.07, 6.45) is 2.59. The topological polar surface area (TPSA) is 105 Å². The first-order chi connectivity index (χ1) is 12.2. The molecule has 0 aliphatic heterocycles. The minimum absolute atomic E-state index is 0.0434. The zero-order chi connectivity index (χ0) is 19.5. The van der Waals surface area contributed by atoms with Crippen molar-refractivity contribution in [2.75, 3.05) is 12.9 Å². The van der Waals surface area contributed by atoms with Gasteiger partial charge in [-0.15, -0.1) is 0 Å². The van der Waals surface area contributed by atoms with Gasteiger partial charge < -0.3 is 4.57 Å². The molecule has 2 aromatic rings. The summed E-state index contributed by atoms with van der Waals surface area (Å²) in [6.45, 7) is 4.71. The minimum atomic E-state index is -3.56. The number of hydrogen-bond acceptors (Lipinski definition) is 6. The van der Waals surface area contributed by atoms with Gasteiger partial charge in [-0.1, -0.05) is 13.8 Å². The van der Waals surface area contributed by atoms with E-state index in [0.717, 1.165) is 17.2 Å². The average molecular weight is 407 g/mol. The number of hydrogen-bond donors (Lipinski definition) is 0. The van der Waals surface area contributed by atoms with Crippen LogP contribution in [0.2, 0.25) is 5.28 Å². The molecule has 0 spiro atoms. The summed E-state index contributed by atoms with van der Waals surface area (Å²) >= 11 is 6.17. The monoisotopic (exact) mass is 406 g/mol.